The van der Waals surface area contributed by atoms with Crippen molar-refractivity contribution in [3.05, 3.63) is 58.7 Å². The third-order valence-electron chi connectivity index (χ3n) is 3.60. The minimum absolute atomic E-state index is 0.0690. The number of carbonyl (C=O) groups excluding carboxylic acids is 2. The Morgan fingerprint density at radius 2 is 2.04 bits per heavy atom. The molecule has 1 heterocycles. The minimum Gasteiger partial charge on any atom is -0.455 e. The number of para-hydroxylation sites is 1. The maximum Gasteiger partial charge on any atom is 0.312 e. The number of aromatic nitrogens is 1. The van der Waals surface area contributed by atoms with Crippen molar-refractivity contribution in [1.82, 2.24) is 5.16 Å². The zero-order valence-corrected chi connectivity index (χ0v) is 14.2. The van der Waals surface area contributed by atoms with Gasteiger partial charge in [-0.2, -0.15) is 0 Å². The van der Waals surface area contributed by atoms with E-state index in [0.29, 0.717) is 22.0 Å². The number of fused-ring (bicyclic) bond motifs is 1. The van der Waals surface area contributed by atoms with Crippen LogP contribution in [0.15, 0.2) is 47.0 Å². The molecule has 25 heavy (non-hydrogen) atoms. The summed E-state index contributed by atoms with van der Waals surface area (Å²) < 4.78 is 10.1. The van der Waals surface area contributed by atoms with Gasteiger partial charge in [0.25, 0.3) is 5.91 Å². The molecule has 0 aliphatic heterocycles. The second-order valence-electron chi connectivity index (χ2n) is 5.47. The zero-order chi connectivity index (χ0) is 17.8. The molecule has 0 unspecified atom stereocenters. The van der Waals surface area contributed by atoms with Crippen molar-refractivity contribution in [2.45, 2.75) is 13.3 Å². The van der Waals surface area contributed by atoms with Crippen LogP contribution in [-0.4, -0.2) is 23.6 Å². The number of aryl methyl sites for hydroxylation is 1. The number of hydrogen-bond donors (Lipinski definition) is 1. The van der Waals surface area contributed by atoms with Crippen LogP contribution < -0.4 is 5.32 Å². The second-order valence-corrected chi connectivity index (χ2v) is 5.91. The highest BCUT2D eigenvalue weighted by Crippen LogP contribution is 2.20. The van der Waals surface area contributed by atoms with Crippen LogP contribution in [0.25, 0.3) is 11.0 Å². The molecule has 2 aromatic carbocycles. The first-order chi connectivity index (χ1) is 12.0. The number of hydrogen-bond acceptors (Lipinski definition) is 5. The van der Waals surface area contributed by atoms with Gasteiger partial charge in [-0.15, -0.1) is 0 Å². The Kier molecular flexibility index (Phi) is 5.00. The van der Waals surface area contributed by atoms with Crippen molar-refractivity contribution in [2.24, 2.45) is 0 Å². The molecule has 0 aliphatic rings. The van der Waals surface area contributed by atoms with Crippen molar-refractivity contribution >= 4 is 40.1 Å². The number of ether oxygens (including phenoxy) is 1. The largest absolute Gasteiger partial charge is 0.455 e. The van der Waals surface area contributed by atoms with Crippen LogP contribution in [0.5, 0.6) is 0 Å². The van der Waals surface area contributed by atoms with Gasteiger partial charge in [-0.25, -0.2) is 0 Å². The fourth-order valence-electron chi connectivity index (χ4n) is 2.31. The van der Waals surface area contributed by atoms with E-state index < -0.39 is 11.9 Å². The molecule has 0 atom stereocenters. The molecule has 0 saturated carbocycles. The summed E-state index contributed by atoms with van der Waals surface area (Å²) in [4.78, 5) is 23.9. The molecule has 3 aromatic rings. The smallest absolute Gasteiger partial charge is 0.312 e. The Morgan fingerprint density at radius 1 is 1.24 bits per heavy atom. The van der Waals surface area contributed by atoms with E-state index in [-0.39, 0.29) is 13.0 Å². The number of carbonyl (C=O) groups is 2. The normalized spacial score (nSPS) is 10.6. The van der Waals surface area contributed by atoms with Crippen molar-refractivity contribution in [3.8, 4) is 0 Å². The summed E-state index contributed by atoms with van der Waals surface area (Å²) in [5, 5.41) is 7.78. The molecule has 0 aliphatic carbocycles. The lowest BCUT2D eigenvalue weighted by Gasteiger charge is -2.09. The SMILES string of the molecule is Cc1ccc(Cl)cc1NC(=O)COC(=O)Cc1noc2ccccc12. The van der Waals surface area contributed by atoms with Crippen LogP contribution in [0.4, 0.5) is 5.69 Å². The van der Waals surface area contributed by atoms with Crippen LogP contribution in [-0.2, 0) is 20.7 Å². The molecular weight excluding hydrogens is 344 g/mol. The molecule has 7 heteroatoms. The Labute approximate surface area is 148 Å². The van der Waals surface area contributed by atoms with Crippen molar-refractivity contribution in [1.29, 1.82) is 0 Å². The van der Waals surface area contributed by atoms with Crippen molar-refractivity contribution in [2.75, 3.05) is 11.9 Å². The van der Waals surface area contributed by atoms with Crippen molar-refractivity contribution in [3.63, 3.8) is 0 Å². The monoisotopic (exact) mass is 358 g/mol. The summed E-state index contributed by atoms with van der Waals surface area (Å²) >= 11 is 5.90. The molecule has 6 nitrogen and oxygen atoms in total. The molecule has 3 rings (SSSR count). The van der Waals surface area contributed by atoms with Gasteiger partial charge in [-0.1, -0.05) is 35.0 Å². The second kappa shape index (κ2) is 7.36. The molecule has 128 valence electrons. The molecule has 1 aromatic heterocycles. The Hall–Kier alpha value is -2.86. The fraction of sp³-hybridized carbons (Fsp3) is 0.167. The molecule has 1 amide bonds. The highest BCUT2D eigenvalue weighted by molar-refractivity contribution is 6.31. The summed E-state index contributed by atoms with van der Waals surface area (Å²) in [6, 6.07) is 12.4. The third kappa shape index (κ3) is 4.16. The first kappa shape index (κ1) is 17.0. The van der Waals surface area contributed by atoms with Crippen LogP contribution in [0.2, 0.25) is 5.02 Å². The molecule has 0 radical (unpaired) electrons. The lowest BCUT2D eigenvalue weighted by atomic mass is 10.2. The summed E-state index contributed by atoms with van der Waals surface area (Å²) in [7, 11) is 0. The maximum absolute atomic E-state index is 11.9. The lowest BCUT2D eigenvalue weighted by molar-refractivity contribution is -0.146. The number of nitrogens with zero attached hydrogens (tertiary/aromatic N) is 1. The van der Waals surface area contributed by atoms with Crippen molar-refractivity contribution < 1.29 is 18.8 Å². The third-order valence-corrected chi connectivity index (χ3v) is 3.84. The molecule has 1 N–H and O–H groups in total. The topological polar surface area (TPSA) is 81.4 Å². The first-order valence-electron chi connectivity index (χ1n) is 7.58. The average Bonchev–Trinajstić information content (AvgIpc) is 2.99. The summed E-state index contributed by atoms with van der Waals surface area (Å²) in [5.74, 6) is -0.999. The van der Waals surface area contributed by atoms with E-state index in [2.05, 4.69) is 10.5 Å². The van der Waals surface area contributed by atoms with E-state index >= 15 is 0 Å². The van der Waals surface area contributed by atoms with Crippen LogP contribution in [0.1, 0.15) is 11.3 Å². The number of rotatable bonds is 5. The molecule has 0 spiro atoms. The molecule has 0 fully saturated rings. The van der Waals surface area contributed by atoms with Crippen LogP contribution in [0.3, 0.4) is 0 Å². The predicted molar refractivity (Wildman–Crippen MR) is 93.5 cm³/mol. The van der Waals surface area contributed by atoms with Gasteiger partial charge >= 0.3 is 5.97 Å². The molecule has 0 saturated heterocycles. The Morgan fingerprint density at radius 3 is 2.88 bits per heavy atom. The Bertz CT molecular complexity index is 936. The molecule has 0 bridgehead atoms. The van der Waals surface area contributed by atoms with Gasteiger partial charge < -0.3 is 14.6 Å². The van der Waals surface area contributed by atoms with Crippen LogP contribution >= 0.6 is 11.6 Å². The van der Waals surface area contributed by atoms with E-state index in [1.165, 1.54) is 0 Å². The standard InChI is InChI=1S/C18H15ClN2O4/c1-11-6-7-12(19)8-14(11)20-17(22)10-24-18(23)9-15-13-4-2-3-5-16(13)25-21-15/h2-8H,9-10H2,1H3,(H,20,22). The fourth-order valence-corrected chi connectivity index (χ4v) is 2.49. The number of amides is 1. The van der Waals surface area contributed by atoms with Gasteiger partial charge in [-0.05, 0) is 36.8 Å². The number of nitrogens with one attached hydrogen (secondary N) is 1. The number of benzene rings is 2. The van der Waals surface area contributed by atoms with E-state index in [1.54, 1.807) is 24.3 Å². The maximum atomic E-state index is 11.9. The minimum atomic E-state index is -0.558. The van der Waals surface area contributed by atoms with E-state index in [0.717, 1.165) is 10.9 Å². The van der Waals surface area contributed by atoms with Crippen LogP contribution in [0, 0.1) is 6.92 Å². The lowest BCUT2D eigenvalue weighted by Crippen LogP contribution is -2.22. The number of anilines is 1. The predicted octanol–water partition coefficient (Wildman–Crippen LogP) is 3.51. The van der Waals surface area contributed by atoms with E-state index in [1.807, 2.05) is 25.1 Å². The molecular formula is C18H15ClN2O4. The number of esters is 1. The van der Waals surface area contributed by atoms with Gasteiger partial charge in [0, 0.05) is 16.1 Å². The van der Waals surface area contributed by atoms with Gasteiger partial charge in [-0.3, -0.25) is 9.59 Å². The Balaban J connectivity index is 1.55. The van der Waals surface area contributed by atoms with Gasteiger partial charge in [0.1, 0.15) is 5.69 Å². The van der Waals surface area contributed by atoms with Gasteiger partial charge in [0.2, 0.25) is 0 Å². The first-order valence-corrected chi connectivity index (χ1v) is 7.95. The number of halogens is 1. The van der Waals surface area contributed by atoms with Gasteiger partial charge in [0.15, 0.2) is 12.2 Å². The van der Waals surface area contributed by atoms with E-state index in [4.69, 9.17) is 20.9 Å². The highest BCUT2D eigenvalue weighted by Gasteiger charge is 2.14. The van der Waals surface area contributed by atoms with E-state index in [9.17, 15) is 9.59 Å². The zero-order valence-electron chi connectivity index (χ0n) is 13.4. The quantitative estimate of drug-likeness (QED) is 0.706. The summed E-state index contributed by atoms with van der Waals surface area (Å²) in [6.45, 7) is 1.45. The highest BCUT2D eigenvalue weighted by atomic mass is 35.5. The summed E-state index contributed by atoms with van der Waals surface area (Å²) in [6.07, 6.45) is -0.0690. The summed E-state index contributed by atoms with van der Waals surface area (Å²) in [5.41, 5.74) is 2.51. The van der Waals surface area contributed by atoms with Gasteiger partial charge in [0.05, 0.1) is 6.42 Å². The average molecular weight is 359 g/mol.